The number of unbranched alkanes of at least 4 members (excludes halogenated alkanes) is 4. The van der Waals surface area contributed by atoms with E-state index in [0.29, 0.717) is 5.69 Å². The summed E-state index contributed by atoms with van der Waals surface area (Å²) in [5.74, 6) is 1.28. The molecule has 0 spiro atoms. The Balaban J connectivity index is 1.29. The average Bonchev–Trinajstić information content (AvgIpc) is 3.47. The largest absolute Gasteiger partial charge is 0.274 e. The summed E-state index contributed by atoms with van der Waals surface area (Å²) < 4.78 is 2.13. The second-order valence-electron chi connectivity index (χ2n) is 8.41. The van der Waals surface area contributed by atoms with Crippen molar-refractivity contribution in [1.82, 2.24) is 4.98 Å². The fourth-order valence-corrected chi connectivity index (χ4v) is 7.29. The molecule has 1 aliphatic heterocycles. The second kappa shape index (κ2) is 7.88. The zero-order valence-corrected chi connectivity index (χ0v) is 18.3. The molecule has 0 radical (unpaired) electrons. The molecule has 4 atom stereocenters. The summed E-state index contributed by atoms with van der Waals surface area (Å²) in [4.78, 5) is 32.2. The molecule has 2 fully saturated rings. The summed E-state index contributed by atoms with van der Waals surface area (Å²) in [6.45, 7) is 2.24. The van der Waals surface area contributed by atoms with E-state index in [-0.39, 0.29) is 35.5 Å². The van der Waals surface area contributed by atoms with E-state index in [1.165, 1.54) is 37.0 Å². The quantitative estimate of drug-likeness (QED) is 0.236. The van der Waals surface area contributed by atoms with Crippen molar-refractivity contribution in [3.05, 3.63) is 30.4 Å². The van der Waals surface area contributed by atoms with Gasteiger partial charge in [-0.25, -0.2) is 9.88 Å². The molecule has 2 bridgehead atoms. The minimum absolute atomic E-state index is 0.0117. The van der Waals surface area contributed by atoms with Crippen LogP contribution < -0.4 is 4.90 Å². The molecule has 152 valence electrons. The van der Waals surface area contributed by atoms with Crippen LogP contribution in [0.3, 0.4) is 0 Å². The molecule has 4 nitrogen and oxygen atoms in total. The maximum Gasteiger partial charge on any atom is 0.238 e. The molecule has 2 aliphatic carbocycles. The third-order valence-electron chi connectivity index (χ3n) is 6.55. The maximum absolute atomic E-state index is 13.0. The number of allylic oxidation sites excluding steroid dienone is 2. The number of rotatable bonds is 8. The number of nitrogens with zero attached hydrogens (tertiary/aromatic N) is 2. The first-order chi connectivity index (χ1) is 14.2. The molecule has 0 N–H and O–H groups in total. The number of imide groups is 1. The normalized spacial score (nSPS) is 27.6. The van der Waals surface area contributed by atoms with Crippen molar-refractivity contribution < 1.29 is 9.59 Å². The number of hydrogen-bond donors (Lipinski definition) is 0. The van der Waals surface area contributed by atoms with Crippen molar-refractivity contribution >= 4 is 50.8 Å². The van der Waals surface area contributed by atoms with Crippen LogP contribution in [-0.2, 0) is 9.59 Å². The fraction of sp³-hybridized carbons (Fsp3) is 0.522. The lowest BCUT2D eigenvalue weighted by molar-refractivity contribution is -0.123. The highest BCUT2D eigenvalue weighted by atomic mass is 32.2. The molecule has 0 unspecified atom stereocenters. The van der Waals surface area contributed by atoms with Gasteiger partial charge in [-0.3, -0.25) is 9.59 Å². The fourth-order valence-electron chi connectivity index (χ4n) is 5.11. The van der Waals surface area contributed by atoms with Crippen LogP contribution in [0, 0.1) is 23.7 Å². The van der Waals surface area contributed by atoms with Gasteiger partial charge in [-0.2, -0.15) is 0 Å². The van der Waals surface area contributed by atoms with Gasteiger partial charge in [0.1, 0.15) is 0 Å². The molecule has 2 aromatic rings. The number of thioether (sulfide) groups is 1. The Morgan fingerprint density at radius 2 is 1.79 bits per heavy atom. The van der Waals surface area contributed by atoms with Crippen molar-refractivity contribution in [1.29, 1.82) is 0 Å². The summed E-state index contributed by atoms with van der Waals surface area (Å²) in [7, 11) is 0. The molecule has 3 aliphatic rings. The van der Waals surface area contributed by atoms with Gasteiger partial charge in [-0.05, 0) is 42.9 Å². The molecule has 1 aromatic carbocycles. The molecule has 6 heteroatoms. The second-order valence-corrected chi connectivity index (χ2v) is 10.8. The van der Waals surface area contributed by atoms with Crippen LogP contribution in [0.25, 0.3) is 10.2 Å². The lowest BCUT2D eigenvalue weighted by Gasteiger charge is -2.17. The van der Waals surface area contributed by atoms with Crippen LogP contribution >= 0.6 is 23.1 Å². The number of fused-ring (bicyclic) bond motifs is 6. The highest BCUT2D eigenvalue weighted by molar-refractivity contribution is 8.01. The van der Waals surface area contributed by atoms with Gasteiger partial charge in [0.25, 0.3) is 0 Å². The molecular formula is C23H26N2O2S2. The third-order valence-corrected chi connectivity index (χ3v) is 8.80. The molecule has 2 heterocycles. The van der Waals surface area contributed by atoms with Crippen LogP contribution in [0.5, 0.6) is 0 Å². The first kappa shape index (κ1) is 19.3. The van der Waals surface area contributed by atoms with E-state index >= 15 is 0 Å². The van der Waals surface area contributed by atoms with E-state index in [0.717, 1.165) is 26.7 Å². The number of thiazole rings is 1. The monoisotopic (exact) mass is 426 g/mol. The topological polar surface area (TPSA) is 50.3 Å². The summed E-state index contributed by atoms with van der Waals surface area (Å²) >= 11 is 3.48. The van der Waals surface area contributed by atoms with Crippen molar-refractivity contribution in [3.63, 3.8) is 0 Å². The van der Waals surface area contributed by atoms with E-state index < -0.39 is 0 Å². The van der Waals surface area contributed by atoms with Gasteiger partial charge in [0, 0.05) is 5.75 Å². The minimum Gasteiger partial charge on any atom is -0.274 e. The van der Waals surface area contributed by atoms with Crippen LogP contribution in [0.2, 0.25) is 0 Å². The van der Waals surface area contributed by atoms with Crippen LogP contribution in [-0.4, -0.2) is 22.6 Å². The molecule has 1 saturated carbocycles. The number of amides is 2. The third kappa shape index (κ3) is 3.34. The Labute approximate surface area is 179 Å². The highest BCUT2D eigenvalue weighted by Gasteiger charge is 2.59. The number of carbonyl (C=O) groups excluding carboxylic acids is 2. The van der Waals surface area contributed by atoms with Gasteiger partial charge in [-0.15, -0.1) is 11.3 Å². The smallest absolute Gasteiger partial charge is 0.238 e. The molecular weight excluding hydrogens is 400 g/mol. The summed E-state index contributed by atoms with van der Waals surface area (Å²) in [5.41, 5.74) is 1.66. The van der Waals surface area contributed by atoms with Crippen LogP contribution in [0.15, 0.2) is 34.7 Å². The first-order valence-corrected chi connectivity index (χ1v) is 12.6. The number of benzene rings is 1. The van der Waals surface area contributed by atoms with Crippen LogP contribution in [0.4, 0.5) is 5.69 Å². The Hall–Kier alpha value is -1.66. The van der Waals surface area contributed by atoms with Gasteiger partial charge in [-0.1, -0.05) is 56.5 Å². The van der Waals surface area contributed by atoms with Gasteiger partial charge < -0.3 is 0 Å². The van der Waals surface area contributed by atoms with Gasteiger partial charge in [0.15, 0.2) is 4.34 Å². The Kier molecular flexibility index (Phi) is 5.25. The average molecular weight is 427 g/mol. The molecule has 2 amide bonds. The Morgan fingerprint density at radius 3 is 2.52 bits per heavy atom. The molecule has 1 saturated heterocycles. The first-order valence-electron chi connectivity index (χ1n) is 10.8. The number of anilines is 1. The standard InChI is InChI=1S/C23H26N2O2S2/c1-2-3-4-5-6-11-28-23-24-17-10-9-16(13-18(17)29-23)25-21(26)19-14-7-8-15(12-14)20(19)22(25)27/h7-10,13-15,19-20H,2-6,11-12H2,1H3/t14-,15-,19-,20-/m0/s1. The minimum atomic E-state index is -0.145. The maximum atomic E-state index is 13.0. The van der Waals surface area contributed by atoms with Crippen molar-refractivity contribution in [2.75, 3.05) is 10.7 Å². The van der Waals surface area contributed by atoms with Crippen molar-refractivity contribution in [2.24, 2.45) is 23.7 Å². The SMILES string of the molecule is CCCCCCCSc1nc2ccc(N3C(=O)[C@@H]4[C@@H](C3=O)[C@H]3C=C[C@H]4C3)cc2s1. The number of carbonyl (C=O) groups is 2. The van der Waals surface area contributed by atoms with E-state index in [1.54, 1.807) is 11.3 Å². The lowest BCUT2D eigenvalue weighted by atomic mass is 9.85. The predicted octanol–water partition coefficient (Wildman–Crippen LogP) is 5.67. The van der Waals surface area contributed by atoms with Crippen molar-refractivity contribution in [2.45, 2.75) is 49.8 Å². The van der Waals surface area contributed by atoms with E-state index in [4.69, 9.17) is 4.98 Å². The van der Waals surface area contributed by atoms with Gasteiger partial charge >= 0.3 is 0 Å². The lowest BCUT2D eigenvalue weighted by Crippen LogP contribution is -2.32. The van der Waals surface area contributed by atoms with E-state index in [2.05, 4.69) is 19.1 Å². The highest BCUT2D eigenvalue weighted by Crippen LogP contribution is 2.53. The number of aromatic nitrogens is 1. The summed E-state index contributed by atoms with van der Waals surface area (Å²) in [6.07, 6.45) is 11.7. The predicted molar refractivity (Wildman–Crippen MR) is 119 cm³/mol. The van der Waals surface area contributed by atoms with Crippen LogP contribution in [0.1, 0.15) is 45.4 Å². The van der Waals surface area contributed by atoms with Gasteiger partial charge in [0.05, 0.1) is 27.7 Å². The van der Waals surface area contributed by atoms with E-state index in [1.807, 2.05) is 30.0 Å². The Bertz CT molecular complexity index is 952. The van der Waals surface area contributed by atoms with Gasteiger partial charge in [0.2, 0.25) is 11.8 Å². The van der Waals surface area contributed by atoms with Crippen molar-refractivity contribution in [3.8, 4) is 0 Å². The molecule has 29 heavy (non-hydrogen) atoms. The molecule has 1 aromatic heterocycles. The zero-order chi connectivity index (χ0) is 20.0. The summed E-state index contributed by atoms with van der Waals surface area (Å²) in [6, 6.07) is 5.81. The number of hydrogen-bond acceptors (Lipinski definition) is 5. The van der Waals surface area contributed by atoms with E-state index in [9.17, 15) is 9.59 Å². The summed E-state index contributed by atoms with van der Waals surface area (Å²) in [5, 5.41) is 0. The zero-order valence-electron chi connectivity index (χ0n) is 16.7. The Morgan fingerprint density at radius 1 is 1.07 bits per heavy atom. The molecule has 5 rings (SSSR count).